The van der Waals surface area contributed by atoms with Crippen molar-refractivity contribution < 1.29 is 27.6 Å². The third-order valence-electron chi connectivity index (χ3n) is 6.24. The molecular formula is C25H21Cl2F3N2O3. The lowest BCUT2D eigenvalue weighted by atomic mass is 9.72. The first kappa shape index (κ1) is 25.3. The molecule has 2 aliphatic rings. The average Bonchev–Trinajstić information content (AvgIpc) is 2.98. The number of carbonyl (C=O) groups is 3. The number of rotatable bonds is 4. The molecule has 5 nitrogen and oxygen atoms in total. The largest absolute Gasteiger partial charge is 0.425 e. The van der Waals surface area contributed by atoms with Crippen molar-refractivity contribution >= 4 is 40.8 Å². The zero-order valence-electron chi connectivity index (χ0n) is 18.8. The fourth-order valence-electron chi connectivity index (χ4n) is 4.63. The van der Waals surface area contributed by atoms with Gasteiger partial charge in [0.15, 0.2) is 5.78 Å². The molecule has 184 valence electrons. The van der Waals surface area contributed by atoms with E-state index in [1.54, 1.807) is 38.1 Å². The van der Waals surface area contributed by atoms with Gasteiger partial charge in [0.2, 0.25) is 5.54 Å². The summed E-state index contributed by atoms with van der Waals surface area (Å²) in [6.45, 7) is 3.20. The Bertz CT molecular complexity index is 1260. The van der Waals surface area contributed by atoms with Crippen molar-refractivity contribution in [2.75, 3.05) is 0 Å². The molecule has 0 saturated heterocycles. The molecule has 0 spiro atoms. The van der Waals surface area contributed by atoms with Gasteiger partial charge in [-0.2, -0.15) is 13.2 Å². The van der Waals surface area contributed by atoms with Gasteiger partial charge in [0, 0.05) is 27.7 Å². The number of benzene rings is 2. The zero-order valence-corrected chi connectivity index (χ0v) is 20.3. The first-order valence-electron chi connectivity index (χ1n) is 10.7. The van der Waals surface area contributed by atoms with E-state index in [0.29, 0.717) is 5.56 Å². The number of carbonyl (C=O) groups excluding carboxylic acids is 3. The van der Waals surface area contributed by atoms with Crippen molar-refractivity contribution in [3.63, 3.8) is 0 Å². The summed E-state index contributed by atoms with van der Waals surface area (Å²) in [7, 11) is 0. The average molecular weight is 525 g/mol. The first-order chi connectivity index (χ1) is 16.3. The van der Waals surface area contributed by atoms with Gasteiger partial charge < -0.3 is 10.2 Å². The molecule has 1 aliphatic carbocycles. The Kier molecular flexibility index (Phi) is 6.26. The van der Waals surface area contributed by atoms with Crippen LogP contribution in [0, 0.1) is 5.41 Å². The molecule has 1 N–H and O–H groups in total. The maximum Gasteiger partial charge on any atom is 0.425 e. The molecule has 2 amide bonds. The van der Waals surface area contributed by atoms with Gasteiger partial charge in [0.05, 0.1) is 12.1 Å². The van der Waals surface area contributed by atoms with E-state index in [9.17, 15) is 27.6 Å². The van der Waals surface area contributed by atoms with E-state index in [1.165, 1.54) is 24.3 Å². The van der Waals surface area contributed by atoms with Gasteiger partial charge in [-0.05, 0) is 47.7 Å². The summed E-state index contributed by atoms with van der Waals surface area (Å²) in [4.78, 5) is 40.8. The second-order valence-electron chi connectivity index (χ2n) is 9.45. The lowest BCUT2D eigenvalue weighted by molar-refractivity contribution is -0.190. The molecule has 1 heterocycles. The molecule has 0 fully saturated rings. The summed E-state index contributed by atoms with van der Waals surface area (Å²) < 4.78 is 44.5. The molecule has 1 atom stereocenters. The lowest BCUT2D eigenvalue weighted by Gasteiger charge is -2.35. The molecule has 0 radical (unpaired) electrons. The van der Waals surface area contributed by atoms with Gasteiger partial charge in [-0.3, -0.25) is 14.4 Å². The number of ketones is 1. The van der Waals surface area contributed by atoms with Crippen molar-refractivity contribution in [1.29, 1.82) is 0 Å². The molecule has 10 heteroatoms. The maximum absolute atomic E-state index is 14.8. The number of hydrogen-bond acceptors (Lipinski definition) is 3. The van der Waals surface area contributed by atoms with Crippen LogP contribution in [0.4, 0.5) is 13.2 Å². The predicted molar refractivity (Wildman–Crippen MR) is 125 cm³/mol. The molecule has 1 aliphatic heterocycles. The van der Waals surface area contributed by atoms with Gasteiger partial charge in [-0.15, -0.1) is 0 Å². The van der Waals surface area contributed by atoms with Crippen molar-refractivity contribution in [1.82, 2.24) is 10.2 Å². The van der Waals surface area contributed by atoms with E-state index in [0.717, 1.165) is 4.90 Å². The lowest BCUT2D eigenvalue weighted by Crippen LogP contribution is -2.66. The van der Waals surface area contributed by atoms with Crippen LogP contribution in [0.2, 0.25) is 10.0 Å². The zero-order chi connectivity index (χ0) is 25.8. The van der Waals surface area contributed by atoms with E-state index in [2.05, 4.69) is 0 Å². The number of hydrogen-bond donors (Lipinski definition) is 1. The molecule has 0 aromatic heterocycles. The van der Waals surface area contributed by atoms with Crippen molar-refractivity contribution in [2.45, 2.75) is 44.9 Å². The van der Waals surface area contributed by atoms with Gasteiger partial charge in [-0.25, -0.2) is 0 Å². The van der Waals surface area contributed by atoms with E-state index < -0.39 is 40.3 Å². The Balaban J connectivity index is 1.88. The number of nitrogens with zero attached hydrogens (tertiary/aromatic N) is 1. The Morgan fingerprint density at radius 1 is 1.03 bits per heavy atom. The molecule has 35 heavy (non-hydrogen) atoms. The molecule has 0 saturated carbocycles. The number of halogens is 5. The highest BCUT2D eigenvalue weighted by Gasteiger charge is 2.71. The van der Waals surface area contributed by atoms with E-state index >= 15 is 0 Å². The molecule has 0 unspecified atom stereocenters. The second kappa shape index (κ2) is 8.68. The predicted octanol–water partition coefficient (Wildman–Crippen LogP) is 5.71. The number of alkyl halides is 3. The summed E-state index contributed by atoms with van der Waals surface area (Å²) in [5, 5.41) is 2.44. The van der Waals surface area contributed by atoms with Crippen LogP contribution in [-0.4, -0.2) is 34.2 Å². The smallest absolute Gasteiger partial charge is 0.326 e. The third kappa shape index (κ3) is 4.34. The summed E-state index contributed by atoms with van der Waals surface area (Å²) in [6, 6.07) is 11.6. The third-order valence-corrected chi connectivity index (χ3v) is 6.86. The van der Waals surface area contributed by atoms with Crippen molar-refractivity contribution in [3.8, 4) is 0 Å². The minimum Gasteiger partial charge on any atom is -0.326 e. The molecule has 4 rings (SSSR count). The van der Waals surface area contributed by atoms with E-state index in [1.807, 2.05) is 5.32 Å². The molecule has 2 aromatic carbocycles. The highest BCUT2D eigenvalue weighted by atomic mass is 35.5. The Labute approximate surface area is 209 Å². The van der Waals surface area contributed by atoms with Crippen LogP contribution in [0.5, 0.6) is 0 Å². The second-order valence-corrected chi connectivity index (χ2v) is 10.3. The van der Waals surface area contributed by atoms with Crippen LogP contribution in [0.3, 0.4) is 0 Å². The highest BCUT2D eigenvalue weighted by molar-refractivity contribution is 6.31. The number of amides is 2. The monoisotopic (exact) mass is 524 g/mol. The number of nitrogens with one attached hydrogen (secondary N) is 1. The minimum atomic E-state index is -5.29. The van der Waals surface area contributed by atoms with Crippen LogP contribution in [0.15, 0.2) is 59.8 Å². The number of Topliss-reactive ketones (excluding diaryl/α,β-unsaturated/α-hetero) is 1. The van der Waals surface area contributed by atoms with Crippen molar-refractivity contribution in [2.24, 2.45) is 5.41 Å². The molecule has 2 aromatic rings. The minimum absolute atomic E-state index is 0.0406. The van der Waals surface area contributed by atoms with E-state index in [4.69, 9.17) is 23.2 Å². The summed E-state index contributed by atoms with van der Waals surface area (Å²) >= 11 is 12.0. The van der Waals surface area contributed by atoms with Gasteiger partial charge in [0.1, 0.15) is 0 Å². The fourth-order valence-corrected chi connectivity index (χ4v) is 4.96. The van der Waals surface area contributed by atoms with Crippen LogP contribution in [0.1, 0.15) is 42.6 Å². The Morgan fingerprint density at radius 3 is 2.26 bits per heavy atom. The summed E-state index contributed by atoms with van der Waals surface area (Å²) in [6.07, 6.45) is -5.45. The highest BCUT2D eigenvalue weighted by Crippen LogP contribution is 2.52. The Morgan fingerprint density at radius 2 is 1.66 bits per heavy atom. The van der Waals surface area contributed by atoms with Crippen LogP contribution >= 0.6 is 23.2 Å². The topological polar surface area (TPSA) is 66.5 Å². The summed E-state index contributed by atoms with van der Waals surface area (Å²) in [5.74, 6) is -3.43. The van der Waals surface area contributed by atoms with Crippen LogP contribution < -0.4 is 5.32 Å². The van der Waals surface area contributed by atoms with Crippen LogP contribution in [0.25, 0.3) is 0 Å². The SMILES string of the molecule is CC1(C)CC(=O)C2=C(C1)N(Cc1ccccc1Cl)C(=O)[C@]2(NC(=O)c1ccc(Cl)cc1)C(F)(F)F. The van der Waals surface area contributed by atoms with E-state index in [-0.39, 0.29) is 40.7 Å². The van der Waals surface area contributed by atoms with Gasteiger partial charge >= 0.3 is 6.18 Å². The summed E-state index contributed by atoms with van der Waals surface area (Å²) in [5.41, 5.74) is -4.72. The standard InChI is InChI=1S/C25H21Cl2F3N2O3/c1-23(2)11-18-20(19(33)12-23)24(25(28,29)30,31-21(34)14-7-9-16(26)10-8-14)22(35)32(18)13-15-5-3-4-6-17(15)27/h3-10H,11-13H2,1-2H3,(H,31,34)/t24-/m0/s1. The first-order valence-corrected chi connectivity index (χ1v) is 11.5. The normalized spacial score (nSPS) is 21.9. The Hall–Kier alpha value is -2.84. The van der Waals surface area contributed by atoms with Crippen molar-refractivity contribution in [3.05, 3.63) is 81.0 Å². The van der Waals surface area contributed by atoms with Gasteiger partial charge in [-0.1, -0.05) is 55.2 Å². The quantitative estimate of drug-likeness (QED) is 0.556. The van der Waals surface area contributed by atoms with Gasteiger partial charge in [0.25, 0.3) is 11.8 Å². The fraction of sp³-hybridized carbons (Fsp3) is 0.320. The molecular weight excluding hydrogens is 504 g/mol. The van der Waals surface area contributed by atoms with Crippen LogP contribution in [-0.2, 0) is 16.1 Å². The molecule has 0 bridgehead atoms. The number of allylic oxidation sites excluding steroid dienone is 1. The maximum atomic E-state index is 14.8.